The fourth-order valence-electron chi connectivity index (χ4n) is 1.16. The van der Waals surface area contributed by atoms with Crippen LogP contribution in [0.3, 0.4) is 0 Å². The van der Waals surface area contributed by atoms with E-state index in [2.05, 4.69) is 33.6 Å². The topological polar surface area (TPSA) is 87.4 Å². The van der Waals surface area contributed by atoms with Crippen molar-refractivity contribution in [2.24, 2.45) is 5.92 Å². The summed E-state index contributed by atoms with van der Waals surface area (Å²) in [7, 11) is 0. The largest absolute Gasteiger partial charge is 0.478 e. The minimum Gasteiger partial charge on any atom is -0.478 e. The van der Waals surface area contributed by atoms with Crippen LogP contribution in [0.25, 0.3) is 0 Å². The second-order valence-corrected chi connectivity index (χ2v) is 4.13. The average Bonchev–Trinajstić information content (AvgIpc) is 2.55. The van der Waals surface area contributed by atoms with Gasteiger partial charge in [-0.15, -0.1) is 0 Å². The summed E-state index contributed by atoms with van der Waals surface area (Å²) in [6.45, 7) is 14.3. The number of carboxylic acid groups (broad SMARTS) is 1. The van der Waals surface area contributed by atoms with Gasteiger partial charge in [0.2, 0.25) is 0 Å². The molecule has 0 heterocycles. The highest BCUT2D eigenvalue weighted by Gasteiger charge is 2.07. The van der Waals surface area contributed by atoms with Crippen LogP contribution >= 0.6 is 0 Å². The molecule has 1 unspecified atom stereocenters. The Morgan fingerprint density at radius 3 is 2.05 bits per heavy atom. The van der Waals surface area contributed by atoms with Crippen molar-refractivity contribution >= 4 is 11.9 Å². The van der Waals surface area contributed by atoms with Crippen molar-refractivity contribution in [3.8, 4) is 6.07 Å². The quantitative estimate of drug-likeness (QED) is 0.417. The predicted octanol–water partition coefficient (Wildman–Crippen LogP) is 3.88. The van der Waals surface area contributed by atoms with Gasteiger partial charge < -0.3 is 9.84 Å². The molecule has 0 rings (SSSR count). The highest BCUT2D eigenvalue weighted by Crippen LogP contribution is 2.12. The zero-order valence-corrected chi connectivity index (χ0v) is 13.6. The Kier molecular flexibility index (Phi) is 23.5. The number of rotatable bonds is 8. The molecule has 0 amide bonds. The third-order valence-corrected chi connectivity index (χ3v) is 2.44. The first-order valence-corrected chi connectivity index (χ1v) is 7.08. The van der Waals surface area contributed by atoms with E-state index in [9.17, 15) is 9.59 Å². The average molecular weight is 309 g/mol. The first kappa shape index (κ1) is 24.7. The Hall–Kier alpha value is -2.35. The van der Waals surface area contributed by atoms with E-state index in [4.69, 9.17) is 15.1 Å². The van der Waals surface area contributed by atoms with Crippen LogP contribution < -0.4 is 0 Å². The maximum Gasteiger partial charge on any atom is 0.330 e. The van der Waals surface area contributed by atoms with Gasteiger partial charge in [-0.1, -0.05) is 52.8 Å². The standard InChI is InChI=1S/C11H20O2.C3H3N.C3H4O2/c1-4-7-8-10(5-2)9-13-11(12)6-3;1-2-3-4;1-2-3(4)5/h6,10H,3-5,7-9H2,1-2H3;2H,1H2;2H,1H2,(H,4,5). The molecule has 0 aliphatic carbocycles. The Morgan fingerprint density at radius 2 is 1.77 bits per heavy atom. The molecular formula is C17H27NO4. The fourth-order valence-corrected chi connectivity index (χ4v) is 1.16. The molecule has 0 aromatic carbocycles. The Balaban J connectivity index is -0.000000330. The van der Waals surface area contributed by atoms with Crippen LogP contribution in [0.5, 0.6) is 0 Å². The molecule has 1 N–H and O–H groups in total. The molecule has 22 heavy (non-hydrogen) atoms. The van der Waals surface area contributed by atoms with Gasteiger partial charge in [-0.25, -0.2) is 9.59 Å². The van der Waals surface area contributed by atoms with E-state index in [1.165, 1.54) is 25.0 Å². The Labute approximate surface area is 133 Å². The molecule has 0 spiro atoms. The number of carboxylic acids is 1. The number of aliphatic carboxylic acids is 1. The molecule has 5 nitrogen and oxygen atoms in total. The van der Waals surface area contributed by atoms with E-state index < -0.39 is 5.97 Å². The lowest BCUT2D eigenvalue weighted by Gasteiger charge is -2.13. The Bertz CT molecular complexity index is 369. The second-order valence-electron chi connectivity index (χ2n) is 4.13. The van der Waals surface area contributed by atoms with Gasteiger partial charge in [0, 0.05) is 18.2 Å². The van der Waals surface area contributed by atoms with Gasteiger partial charge in [0.05, 0.1) is 12.7 Å². The van der Waals surface area contributed by atoms with Gasteiger partial charge in [0.1, 0.15) is 0 Å². The van der Waals surface area contributed by atoms with Gasteiger partial charge in [-0.2, -0.15) is 5.26 Å². The zero-order valence-electron chi connectivity index (χ0n) is 13.6. The molecule has 0 bridgehead atoms. The molecule has 0 aliphatic rings. The van der Waals surface area contributed by atoms with Crippen molar-refractivity contribution in [1.82, 2.24) is 0 Å². The maximum absolute atomic E-state index is 10.8. The number of allylic oxidation sites excluding steroid dienone is 1. The van der Waals surface area contributed by atoms with Crippen molar-refractivity contribution in [3.63, 3.8) is 0 Å². The summed E-state index contributed by atoms with van der Waals surface area (Å²) in [5, 5.41) is 15.1. The summed E-state index contributed by atoms with van der Waals surface area (Å²) in [5.74, 6) is -0.774. The summed E-state index contributed by atoms with van der Waals surface area (Å²) in [5.41, 5.74) is 0. The Morgan fingerprint density at radius 1 is 1.27 bits per heavy atom. The van der Waals surface area contributed by atoms with E-state index in [0.29, 0.717) is 12.5 Å². The van der Waals surface area contributed by atoms with Crippen LogP contribution in [0.4, 0.5) is 0 Å². The summed E-state index contributed by atoms with van der Waals surface area (Å²) in [6.07, 6.45) is 7.87. The minimum absolute atomic E-state index is 0.310. The van der Waals surface area contributed by atoms with Crippen LogP contribution in [-0.4, -0.2) is 23.7 Å². The van der Waals surface area contributed by atoms with Crippen LogP contribution in [0.15, 0.2) is 38.0 Å². The molecule has 0 saturated heterocycles. The van der Waals surface area contributed by atoms with Gasteiger partial charge in [-0.05, 0) is 12.3 Å². The van der Waals surface area contributed by atoms with Gasteiger partial charge >= 0.3 is 11.9 Å². The predicted molar refractivity (Wildman–Crippen MR) is 88.1 cm³/mol. The van der Waals surface area contributed by atoms with E-state index in [-0.39, 0.29) is 5.97 Å². The monoisotopic (exact) mass is 309 g/mol. The van der Waals surface area contributed by atoms with Crippen molar-refractivity contribution < 1.29 is 19.4 Å². The molecule has 0 aliphatic heterocycles. The molecular weight excluding hydrogens is 282 g/mol. The smallest absolute Gasteiger partial charge is 0.330 e. The first-order chi connectivity index (χ1) is 10.4. The highest BCUT2D eigenvalue weighted by atomic mass is 16.5. The van der Waals surface area contributed by atoms with Crippen LogP contribution in [-0.2, 0) is 14.3 Å². The van der Waals surface area contributed by atoms with Crippen LogP contribution in [0.1, 0.15) is 39.5 Å². The lowest BCUT2D eigenvalue weighted by Crippen LogP contribution is -2.12. The minimum atomic E-state index is -0.981. The van der Waals surface area contributed by atoms with E-state index >= 15 is 0 Å². The lowest BCUT2D eigenvalue weighted by molar-refractivity contribution is -0.139. The number of unbranched alkanes of at least 4 members (excludes halogenated alkanes) is 1. The third-order valence-electron chi connectivity index (χ3n) is 2.44. The number of esters is 1. The summed E-state index contributed by atoms with van der Waals surface area (Å²) in [4.78, 5) is 20.0. The second kappa shape index (κ2) is 21.0. The summed E-state index contributed by atoms with van der Waals surface area (Å²) in [6, 6.07) is 1.69. The number of nitriles is 1. The zero-order chi connectivity index (χ0) is 17.8. The number of hydrogen-bond donors (Lipinski definition) is 1. The number of carbonyl (C=O) groups excluding carboxylic acids is 1. The van der Waals surface area contributed by atoms with Gasteiger partial charge in [0.15, 0.2) is 0 Å². The fraction of sp³-hybridized carbons (Fsp3) is 0.471. The highest BCUT2D eigenvalue weighted by molar-refractivity contribution is 5.81. The van der Waals surface area contributed by atoms with E-state index in [0.717, 1.165) is 18.9 Å². The van der Waals surface area contributed by atoms with E-state index in [1.807, 2.05) is 0 Å². The molecule has 0 saturated carbocycles. The van der Waals surface area contributed by atoms with Crippen molar-refractivity contribution in [2.45, 2.75) is 39.5 Å². The van der Waals surface area contributed by atoms with Crippen LogP contribution in [0.2, 0.25) is 0 Å². The molecule has 0 radical (unpaired) electrons. The first-order valence-electron chi connectivity index (χ1n) is 7.08. The van der Waals surface area contributed by atoms with Crippen molar-refractivity contribution in [1.29, 1.82) is 5.26 Å². The SMILES string of the molecule is C=CC#N.C=CC(=O)O.C=CC(=O)OCC(CC)CCCC. The number of nitrogens with zero attached hydrogens (tertiary/aromatic N) is 1. The normalized spacial score (nSPS) is 9.32. The summed E-state index contributed by atoms with van der Waals surface area (Å²) >= 11 is 0. The lowest BCUT2D eigenvalue weighted by atomic mass is 10.0. The molecule has 0 aromatic rings. The molecule has 5 heteroatoms. The third kappa shape index (κ3) is 26.3. The molecule has 1 atom stereocenters. The number of ether oxygens (including phenoxy) is 1. The van der Waals surface area contributed by atoms with Gasteiger partial charge in [-0.3, -0.25) is 0 Å². The van der Waals surface area contributed by atoms with Gasteiger partial charge in [0.25, 0.3) is 0 Å². The van der Waals surface area contributed by atoms with Crippen molar-refractivity contribution in [2.75, 3.05) is 6.61 Å². The van der Waals surface area contributed by atoms with Crippen molar-refractivity contribution in [3.05, 3.63) is 38.0 Å². The molecule has 0 fully saturated rings. The number of carbonyl (C=O) groups is 2. The maximum atomic E-state index is 10.8. The van der Waals surface area contributed by atoms with E-state index in [1.54, 1.807) is 6.07 Å². The summed E-state index contributed by atoms with van der Waals surface area (Å²) < 4.78 is 4.98. The van der Waals surface area contributed by atoms with Crippen LogP contribution in [0, 0.1) is 17.2 Å². The molecule has 0 aromatic heterocycles. The number of hydrogen-bond acceptors (Lipinski definition) is 4. The molecule has 124 valence electrons.